The van der Waals surface area contributed by atoms with Crippen molar-refractivity contribution < 1.29 is 18.7 Å². The largest absolute Gasteiger partial charge is 0.398 e. The first-order valence-electron chi connectivity index (χ1n) is 10.8. The molecule has 1 aliphatic rings. The molecule has 0 atom stereocenters. The topological polar surface area (TPSA) is 75.9 Å². The van der Waals surface area contributed by atoms with Crippen molar-refractivity contribution in [1.29, 1.82) is 0 Å². The highest BCUT2D eigenvalue weighted by molar-refractivity contribution is 6.02. The molecule has 2 aromatic carbocycles. The number of hydrogen-bond acceptors (Lipinski definition) is 4. The lowest BCUT2D eigenvalue weighted by Gasteiger charge is -2.27. The van der Waals surface area contributed by atoms with Crippen LogP contribution in [0.25, 0.3) is 5.70 Å². The van der Waals surface area contributed by atoms with Gasteiger partial charge in [-0.05, 0) is 49.1 Å². The Bertz CT molecular complexity index is 939. The van der Waals surface area contributed by atoms with E-state index in [-0.39, 0.29) is 18.4 Å². The summed E-state index contributed by atoms with van der Waals surface area (Å²) >= 11 is 0. The number of rotatable bonds is 9. The fraction of sp³-hybridized carbons (Fsp3) is 0.320. The van der Waals surface area contributed by atoms with Crippen LogP contribution in [-0.4, -0.2) is 54.4 Å². The summed E-state index contributed by atoms with van der Waals surface area (Å²) in [5.74, 6) is -0.882. The molecular formula is C25H29FN3O3+. The van der Waals surface area contributed by atoms with Gasteiger partial charge in [-0.3, -0.25) is 9.59 Å². The average molecular weight is 439 g/mol. The fourth-order valence-corrected chi connectivity index (χ4v) is 3.75. The summed E-state index contributed by atoms with van der Waals surface area (Å²) in [5.41, 5.74) is 8.28. The molecular weight excluding hydrogens is 409 g/mol. The van der Waals surface area contributed by atoms with Gasteiger partial charge in [-0.2, -0.15) is 4.74 Å². The minimum absolute atomic E-state index is 0.0451. The van der Waals surface area contributed by atoms with Crippen LogP contribution in [0.15, 0.2) is 60.2 Å². The van der Waals surface area contributed by atoms with E-state index in [0.717, 1.165) is 18.4 Å². The van der Waals surface area contributed by atoms with Crippen molar-refractivity contribution in [1.82, 2.24) is 9.80 Å². The molecule has 0 radical (unpaired) electrons. The van der Waals surface area contributed by atoms with Gasteiger partial charge in [0.1, 0.15) is 12.4 Å². The Morgan fingerprint density at radius 1 is 1.03 bits per heavy atom. The van der Waals surface area contributed by atoms with Crippen LogP contribution in [0.4, 0.5) is 4.39 Å². The summed E-state index contributed by atoms with van der Waals surface area (Å²) in [6, 6.07) is 14.6. The van der Waals surface area contributed by atoms with Gasteiger partial charge in [0.15, 0.2) is 0 Å². The monoisotopic (exact) mass is 438 g/mol. The Hall–Kier alpha value is -3.32. The molecule has 6 nitrogen and oxygen atoms in total. The molecule has 0 aromatic heterocycles. The van der Waals surface area contributed by atoms with E-state index in [1.165, 1.54) is 24.3 Å². The van der Waals surface area contributed by atoms with E-state index in [1.54, 1.807) is 9.80 Å². The molecule has 32 heavy (non-hydrogen) atoms. The summed E-state index contributed by atoms with van der Waals surface area (Å²) in [6.45, 7) is 2.09. The third-order valence-electron chi connectivity index (χ3n) is 5.51. The average Bonchev–Trinajstić information content (AvgIpc) is 3.36. The smallest absolute Gasteiger partial charge is 0.254 e. The van der Waals surface area contributed by atoms with Crippen LogP contribution in [0.3, 0.4) is 0 Å². The predicted molar refractivity (Wildman–Crippen MR) is 122 cm³/mol. The van der Waals surface area contributed by atoms with E-state index in [0.29, 0.717) is 49.5 Å². The van der Waals surface area contributed by atoms with Gasteiger partial charge in [-0.15, -0.1) is 0 Å². The molecule has 0 spiro atoms. The summed E-state index contributed by atoms with van der Waals surface area (Å²) in [4.78, 5) is 30.0. The SMILES string of the molecule is [CH2+]OCCCN(CC(C(=O)N1CCCC1)=C(N)c1ccccc1)C(=O)c1ccc(F)cc1. The summed E-state index contributed by atoms with van der Waals surface area (Å²) in [7, 11) is 3.37. The number of halogens is 1. The minimum atomic E-state index is -0.420. The van der Waals surface area contributed by atoms with Gasteiger partial charge in [0.2, 0.25) is 7.11 Å². The van der Waals surface area contributed by atoms with Crippen molar-refractivity contribution >= 4 is 17.5 Å². The first-order valence-corrected chi connectivity index (χ1v) is 10.8. The lowest BCUT2D eigenvalue weighted by Crippen LogP contribution is -2.40. The molecule has 2 aromatic rings. The molecule has 0 unspecified atom stereocenters. The lowest BCUT2D eigenvalue weighted by atomic mass is 10.0. The molecule has 7 heteroatoms. The molecule has 0 bridgehead atoms. The Kier molecular flexibility index (Phi) is 8.27. The molecule has 1 fully saturated rings. The number of likely N-dealkylation sites (tertiary alicyclic amines) is 1. The van der Waals surface area contributed by atoms with Crippen LogP contribution in [-0.2, 0) is 9.53 Å². The van der Waals surface area contributed by atoms with Gasteiger partial charge >= 0.3 is 0 Å². The molecule has 1 aliphatic heterocycles. The van der Waals surface area contributed by atoms with E-state index in [9.17, 15) is 14.0 Å². The van der Waals surface area contributed by atoms with E-state index in [2.05, 4.69) is 7.11 Å². The highest BCUT2D eigenvalue weighted by Gasteiger charge is 2.27. The number of nitrogens with zero attached hydrogens (tertiary/aromatic N) is 2. The molecule has 0 saturated carbocycles. The highest BCUT2D eigenvalue weighted by Crippen LogP contribution is 2.21. The Morgan fingerprint density at radius 2 is 1.69 bits per heavy atom. The molecule has 1 saturated heterocycles. The molecule has 168 valence electrons. The number of carbonyl (C=O) groups is 2. The fourth-order valence-electron chi connectivity index (χ4n) is 3.75. The Labute approximate surface area is 188 Å². The zero-order chi connectivity index (χ0) is 22.9. The van der Waals surface area contributed by atoms with Crippen LogP contribution >= 0.6 is 0 Å². The number of amides is 2. The number of nitrogens with two attached hydrogens (primary N) is 1. The molecule has 0 aliphatic carbocycles. The van der Waals surface area contributed by atoms with Crippen LogP contribution in [0.1, 0.15) is 35.2 Å². The maximum absolute atomic E-state index is 13.4. The van der Waals surface area contributed by atoms with E-state index < -0.39 is 5.82 Å². The van der Waals surface area contributed by atoms with Gasteiger partial charge in [-0.1, -0.05) is 30.3 Å². The number of benzene rings is 2. The van der Waals surface area contributed by atoms with Crippen molar-refractivity contribution in [3.8, 4) is 0 Å². The second-order valence-corrected chi connectivity index (χ2v) is 7.75. The maximum Gasteiger partial charge on any atom is 0.254 e. The normalized spacial score (nSPS) is 14.2. The van der Waals surface area contributed by atoms with Crippen LogP contribution < -0.4 is 5.73 Å². The molecule has 2 amide bonds. The first-order chi connectivity index (χ1) is 15.5. The van der Waals surface area contributed by atoms with Gasteiger partial charge in [0.05, 0.1) is 12.1 Å². The maximum atomic E-state index is 13.4. The zero-order valence-corrected chi connectivity index (χ0v) is 18.1. The zero-order valence-electron chi connectivity index (χ0n) is 18.1. The second kappa shape index (κ2) is 11.3. The summed E-state index contributed by atoms with van der Waals surface area (Å²) < 4.78 is 18.3. The standard InChI is InChI=1S/C25H28FN3O3/c1-32-17-7-16-29(24(30)20-10-12-21(26)13-11-20)18-22(25(31)28-14-5-6-15-28)23(27)19-8-3-2-4-9-19/h2-4,8-13H,1,5-7,14-18H2,(H-,27,31)/p+1. The number of ether oxygens (including phenoxy) is 1. The van der Waals surface area contributed by atoms with Gasteiger partial charge in [0.25, 0.3) is 11.8 Å². The Morgan fingerprint density at radius 3 is 2.31 bits per heavy atom. The first kappa shape index (κ1) is 23.3. The molecule has 2 N–H and O–H groups in total. The van der Waals surface area contributed by atoms with Crippen molar-refractivity contribution in [3.63, 3.8) is 0 Å². The van der Waals surface area contributed by atoms with Crippen molar-refractivity contribution in [2.24, 2.45) is 5.73 Å². The molecule has 3 rings (SSSR count). The second-order valence-electron chi connectivity index (χ2n) is 7.75. The predicted octanol–water partition coefficient (Wildman–Crippen LogP) is 3.46. The van der Waals surface area contributed by atoms with Gasteiger partial charge in [0, 0.05) is 30.9 Å². The van der Waals surface area contributed by atoms with E-state index in [4.69, 9.17) is 10.5 Å². The highest BCUT2D eigenvalue weighted by atomic mass is 19.1. The lowest BCUT2D eigenvalue weighted by molar-refractivity contribution is -0.126. The quantitative estimate of drug-likeness (QED) is 0.370. The third kappa shape index (κ3) is 5.88. The van der Waals surface area contributed by atoms with Gasteiger partial charge in [-0.25, -0.2) is 4.39 Å². The summed E-state index contributed by atoms with van der Waals surface area (Å²) in [6.07, 6.45) is 2.43. The van der Waals surface area contributed by atoms with Crippen molar-refractivity contribution in [2.45, 2.75) is 19.3 Å². The minimum Gasteiger partial charge on any atom is -0.398 e. The van der Waals surface area contributed by atoms with Crippen LogP contribution in [0.2, 0.25) is 0 Å². The van der Waals surface area contributed by atoms with E-state index in [1.807, 2.05) is 30.3 Å². The number of hydrogen-bond donors (Lipinski definition) is 1. The van der Waals surface area contributed by atoms with Crippen LogP contribution in [0, 0.1) is 12.9 Å². The van der Waals surface area contributed by atoms with Gasteiger partial charge < -0.3 is 15.5 Å². The molecule has 1 heterocycles. The Balaban J connectivity index is 1.95. The third-order valence-corrected chi connectivity index (χ3v) is 5.51. The van der Waals surface area contributed by atoms with Crippen LogP contribution in [0.5, 0.6) is 0 Å². The number of carbonyl (C=O) groups excluding carboxylic acids is 2. The van der Waals surface area contributed by atoms with Crippen molar-refractivity contribution in [2.75, 3.05) is 32.8 Å². The van der Waals surface area contributed by atoms with Crippen molar-refractivity contribution in [3.05, 3.63) is 84.2 Å². The van der Waals surface area contributed by atoms with E-state index >= 15 is 0 Å². The summed E-state index contributed by atoms with van der Waals surface area (Å²) in [5, 5.41) is 0.